The maximum absolute atomic E-state index is 14.7. The number of nitro groups is 2. The molecule has 0 bridgehead atoms. The van der Waals surface area contributed by atoms with Crippen LogP contribution >= 0.6 is 0 Å². The van der Waals surface area contributed by atoms with Gasteiger partial charge in [-0.15, -0.1) is 0 Å². The Bertz CT molecular complexity index is 538. The number of ether oxygens (including phenoxy) is 1. The fourth-order valence-corrected chi connectivity index (χ4v) is 1.86. The molecule has 2 atom stereocenters. The highest BCUT2D eigenvalue weighted by Gasteiger charge is 2.63. The quantitative estimate of drug-likeness (QED) is 0.327. The van der Waals surface area contributed by atoms with Gasteiger partial charge in [-0.3, -0.25) is 20.2 Å². The molecule has 0 fully saturated rings. The van der Waals surface area contributed by atoms with Gasteiger partial charge in [0.2, 0.25) is 6.54 Å². The van der Waals surface area contributed by atoms with Crippen LogP contribution in [0.4, 0.5) is 4.39 Å². The third-order valence-electron chi connectivity index (χ3n) is 2.82. The Morgan fingerprint density at radius 3 is 2.33 bits per heavy atom. The zero-order valence-electron chi connectivity index (χ0n) is 11.1. The molecule has 0 saturated carbocycles. The minimum atomic E-state index is -3.72. The number of carbonyl (C=O) groups excluding carboxylic acids is 1. The van der Waals surface area contributed by atoms with Crippen molar-refractivity contribution in [1.29, 1.82) is 0 Å². The van der Waals surface area contributed by atoms with Gasteiger partial charge >= 0.3 is 11.8 Å². The second-order valence-corrected chi connectivity index (χ2v) is 4.13. The summed E-state index contributed by atoms with van der Waals surface area (Å²) in [5, 5.41) is 21.7. The fourth-order valence-electron chi connectivity index (χ4n) is 1.86. The summed E-state index contributed by atoms with van der Waals surface area (Å²) in [4.78, 5) is 31.0. The van der Waals surface area contributed by atoms with E-state index in [9.17, 15) is 29.4 Å². The highest BCUT2D eigenvalue weighted by atomic mass is 19.1. The number of hydrogen-bond donors (Lipinski definition) is 0. The number of alkyl halides is 1. The Morgan fingerprint density at radius 1 is 1.33 bits per heavy atom. The molecule has 0 saturated heterocycles. The third kappa shape index (κ3) is 3.50. The van der Waals surface area contributed by atoms with E-state index in [-0.39, 0.29) is 12.2 Å². The maximum Gasteiger partial charge on any atom is 0.467 e. The molecule has 1 aromatic carbocycles. The van der Waals surface area contributed by atoms with Crippen molar-refractivity contribution in [2.75, 3.05) is 13.2 Å². The minimum Gasteiger partial charge on any atom is -0.458 e. The molecule has 0 aromatic heterocycles. The van der Waals surface area contributed by atoms with Gasteiger partial charge in [0.15, 0.2) is 5.92 Å². The van der Waals surface area contributed by atoms with Crippen LogP contribution in [0.5, 0.6) is 0 Å². The van der Waals surface area contributed by atoms with Crippen molar-refractivity contribution in [3.63, 3.8) is 0 Å². The second kappa shape index (κ2) is 6.73. The molecular formula is C12H13FN2O6. The van der Waals surface area contributed by atoms with Crippen LogP contribution in [0, 0.1) is 20.2 Å². The first-order valence-electron chi connectivity index (χ1n) is 6.01. The van der Waals surface area contributed by atoms with Crippen LogP contribution in [-0.4, -0.2) is 34.8 Å². The molecule has 0 radical (unpaired) electrons. The van der Waals surface area contributed by atoms with E-state index < -0.39 is 34.1 Å². The summed E-state index contributed by atoms with van der Waals surface area (Å²) in [6.07, 6.45) is 0. The van der Waals surface area contributed by atoms with Gasteiger partial charge < -0.3 is 4.74 Å². The van der Waals surface area contributed by atoms with E-state index in [4.69, 9.17) is 0 Å². The van der Waals surface area contributed by atoms with Gasteiger partial charge in [-0.05, 0) is 12.5 Å². The van der Waals surface area contributed by atoms with Crippen LogP contribution in [0.1, 0.15) is 18.4 Å². The highest BCUT2D eigenvalue weighted by molar-refractivity contribution is 5.79. The van der Waals surface area contributed by atoms with E-state index in [1.165, 1.54) is 31.2 Å². The maximum atomic E-state index is 14.7. The van der Waals surface area contributed by atoms with Crippen molar-refractivity contribution in [3.05, 3.63) is 56.1 Å². The molecule has 0 aliphatic heterocycles. The van der Waals surface area contributed by atoms with E-state index in [2.05, 4.69) is 4.74 Å². The van der Waals surface area contributed by atoms with Crippen molar-refractivity contribution < 1.29 is 23.8 Å². The predicted octanol–water partition coefficient (Wildman–Crippen LogP) is 1.55. The average Bonchev–Trinajstić information content (AvgIpc) is 2.44. The summed E-state index contributed by atoms with van der Waals surface area (Å²) in [7, 11) is 0. The minimum absolute atomic E-state index is 0.0264. The van der Waals surface area contributed by atoms with Crippen LogP contribution in [-0.2, 0) is 9.53 Å². The Hall–Kier alpha value is -2.58. The Balaban J connectivity index is 3.34. The first-order valence-corrected chi connectivity index (χ1v) is 6.01. The van der Waals surface area contributed by atoms with E-state index in [0.29, 0.717) is 0 Å². The van der Waals surface area contributed by atoms with Gasteiger partial charge in [0.1, 0.15) is 0 Å². The molecule has 0 amide bonds. The van der Waals surface area contributed by atoms with Crippen LogP contribution in [0.2, 0.25) is 0 Å². The molecule has 0 unspecified atom stereocenters. The molecule has 0 heterocycles. The smallest absolute Gasteiger partial charge is 0.458 e. The normalized spacial score (nSPS) is 14.8. The molecule has 8 nitrogen and oxygen atoms in total. The molecule has 0 spiro atoms. The second-order valence-electron chi connectivity index (χ2n) is 4.13. The van der Waals surface area contributed by atoms with Crippen molar-refractivity contribution in [2.24, 2.45) is 0 Å². The molecule has 1 aromatic rings. The van der Waals surface area contributed by atoms with E-state index >= 15 is 0 Å². The van der Waals surface area contributed by atoms with Crippen molar-refractivity contribution >= 4 is 5.97 Å². The zero-order valence-corrected chi connectivity index (χ0v) is 11.1. The summed E-state index contributed by atoms with van der Waals surface area (Å²) < 4.78 is 19.1. The first-order chi connectivity index (χ1) is 9.83. The summed E-state index contributed by atoms with van der Waals surface area (Å²) >= 11 is 0. The van der Waals surface area contributed by atoms with Gasteiger partial charge in [0.05, 0.1) is 11.5 Å². The standard InChI is InChI=1S/C12H13FN2O6/c1-2-21-11(16)12(13,15(19)20)10(8-14(17)18)9-6-4-3-5-7-9/h3-7,10H,2,8H2,1H3/t10-,12-/m1/s1. The number of rotatable bonds is 7. The molecule has 114 valence electrons. The number of carbonyl (C=O) groups is 1. The molecule has 0 aliphatic rings. The van der Waals surface area contributed by atoms with Crippen molar-refractivity contribution in [3.8, 4) is 0 Å². The van der Waals surface area contributed by atoms with E-state index in [1.54, 1.807) is 6.07 Å². The Kier molecular flexibility index (Phi) is 5.28. The molecule has 0 aliphatic carbocycles. The predicted molar refractivity (Wildman–Crippen MR) is 68.5 cm³/mol. The zero-order chi connectivity index (χ0) is 16.0. The van der Waals surface area contributed by atoms with Crippen LogP contribution in [0.15, 0.2) is 30.3 Å². The summed E-state index contributed by atoms with van der Waals surface area (Å²) in [6.45, 7) is -0.0398. The van der Waals surface area contributed by atoms with Gasteiger partial charge in [0, 0.05) is 4.92 Å². The molecular weight excluding hydrogens is 287 g/mol. The third-order valence-corrected chi connectivity index (χ3v) is 2.82. The monoisotopic (exact) mass is 300 g/mol. The van der Waals surface area contributed by atoms with Crippen LogP contribution in [0.25, 0.3) is 0 Å². The van der Waals surface area contributed by atoms with Gasteiger partial charge in [-0.25, -0.2) is 4.79 Å². The average molecular weight is 300 g/mol. The molecule has 21 heavy (non-hydrogen) atoms. The van der Waals surface area contributed by atoms with E-state index in [0.717, 1.165) is 0 Å². The summed E-state index contributed by atoms with van der Waals surface area (Å²) in [6, 6.07) is 7.00. The van der Waals surface area contributed by atoms with Crippen LogP contribution in [0.3, 0.4) is 0 Å². The van der Waals surface area contributed by atoms with Crippen molar-refractivity contribution in [2.45, 2.75) is 18.6 Å². The Morgan fingerprint density at radius 2 is 1.90 bits per heavy atom. The summed E-state index contributed by atoms with van der Waals surface area (Å²) in [5.41, 5.74) is -0.0264. The topological polar surface area (TPSA) is 113 Å². The largest absolute Gasteiger partial charge is 0.467 e. The Labute approximate surface area is 118 Å². The van der Waals surface area contributed by atoms with Crippen molar-refractivity contribution in [1.82, 2.24) is 0 Å². The fraction of sp³-hybridized carbons (Fsp3) is 0.417. The van der Waals surface area contributed by atoms with Gasteiger partial charge in [-0.1, -0.05) is 30.3 Å². The lowest BCUT2D eigenvalue weighted by atomic mass is 9.89. The number of hydrogen-bond acceptors (Lipinski definition) is 6. The van der Waals surface area contributed by atoms with E-state index in [1.807, 2.05) is 0 Å². The lowest BCUT2D eigenvalue weighted by Crippen LogP contribution is -2.50. The van der Waals surface area contributed by atoms with Gasteiger partial charge in [0.25, 0.3) is 0 Å². The number of benzene rings is 1. The lowest BCUT2D eigenvalue weighted by Gasteiger charge is -2.22. The molecule has 0 N–H and O–H groups in total. The highest BCUT2D eigenvalue weighted by Crippen LogP contribution is 2.34. The molecule has 1 rings (SSSR count). The van der Waals surface area contributed by atoms with Crippen LogP contribution < -0.4 is 0 Å². The first kappa shape index (κ1) is 16.5. The number of halogens is 1. The SMILES string of the molecule is CCOC(=O)[C@@](F)([C@H](C[N+](=O)[O-])c1ccccc1)[N+](=O)[O-]. The molecule has 9 heteroatoms. The summed E-state index contributed by atoms with van der Waals surface area (Å²) in [5.74, 6) is -7.35. The lowest BCUT2D eigenvalue weighted by molar-refractivity contribution is -0.605. The number of esters is 1. The van der Waals surface area contributed by atoms with Gasteiger partial charge in [-0.2, -0.15) is 4.39 Å². The number of nitrogens with zero attached hydrogens (tertiary/aromatic N) is 2.